The van der Waals surface area contributed by atoms with Crippen LogP contribution in [0.1, 0.15) is 18.4 Å². The molecule has 27 heavy (non-hydrogen) atoms. The SMILES string of the molecule is COc1ccc(C)cc1NC(=O)C1CCCN1C(=O)Nc1ccccc1F. The van der Waals surface area contributed by atoms with E-state index in [0.717, 1.165) is 5.56 Å². The van der Waals surface area contributed by atoms with Crippen LogP contribution in [-0.4, -0.2) is 36.5 Å². The summed E-state index contributed by atoms with van der Waals surface area (Å²) in [6, 6.07) is 10.3. The predicted octanol–water partition coefficient (Wildman–Crippen LogP) is 3.78. The third kappa shape index (κ3) is 4.19. The van der Waals surface area contributed by atoms with Crippen LogP contribution < -0.4 is 15.4 Å². The van der Waals surface area contributed by atoms with E-state index in [4.69, 9.17) is 4.74 Å². The highest BCUT2D eigenvalue weighted by Crippen LogP contribution is 2.27. The summed E-state index contributed by atoms with van der Waals surface area (Å²) in [6.45, 7) is 2.35. The van der Waals surface area contributed by atoms with Crippen molar-refractivity contribution in [3.8, 4) is 5.75 Å². The first kappa shape index (κ1) is 18.7. The Balaban J connectivity index is 1.72. The van der Waals surface area contributed by atoms with Crippen molar-refractivity contribution in [1.82, 2.24) is 4.90 Å². The Labute approximate surface area is 157 Å². The van der Waals surface area contributed by atoms with Crippen molar-refractivity contribution in [2.24, 2.45) is 0 Å². The summed E-state index contributed by atoms with van der Waals surface area (Å²) in [6.07, 6.45) is 1.25. The number of methoxy groups -OCH3 is 1. The Morgan fingerprint density at radius 3 is 2.67 bits per heavy atom. The Bertz CT molecular complexity index is 856. The predicted molar refractivity (Wildman–Crippen MR) is 102 cm³/mol. The minimum atomic E-state index is -0.623. The van der Waals surface area contributed by atoms with Crippen molar-refractivity contribution < 1.29 is 18.7 Å². The van der Waals surface area contributed by atoms with E-state index < -0.39 is 17.9 Å². The molecular formula is C20H22FN3O3. The van der Waals surface area contributed by atoms with Gasteiger partial charge in [-0.05, 0) is 49.6 Å². The van der Waals surface area contributed by atoms with Gasteiger partial charge in [0.2, 0.25) is 5.91 Å². The number of para-hydroxylation sites is 1. The first-order chi connectivity index (χ1) is 13.0. The van der Waals surface area contributed by atoms with Crippen LogP contribution in [0.2, 0.25) is 0 Å². The fourth-order valence-electron chi connectivity index (χ4n) is 3.17. The summed E-state index contributed by atoms with van der Waals surface area (Å²) < 4.78 is 19.1. The molecule has 0 radical (unpaired) electrons. The van der Waals surface area contributed by atoms with Gasteiger partial charge in [-0.2, -0.15) is 0 Å². The largest absolute Gasteiger partial charge is 0.495 e. The van der Waals surface area contributed by atoms with Gasteiger partial charge in [-0.1, -0.05) is 18.2 Å². The van der Waals surface area contributed by atoms with Gasteiger partial charge in [0.25, 0.3) is 0 Å². The van der Waals surface area contributed by atoms with Gasteiger partial charge in [-0.15, -0.1) is 0 Å². The molecule has 2 N–H and O–H groups in total. The van der Waals surface area contributed by atoms with Crippen LogP contribution in [0.3, 0.4) is 0 Å². The molecule has 0 aliphatic carbocycles. The molecule has 3 amide bonds. The van der Waals surface area contributed by atoms with Gasteiger partial charge < -0.3 is 20.3 Å². The van der Waals surface area contributed by atoms with E-state index in [2.05, 4.69) is 10.6 Å². The molecule has 2 aromatic rings. The summed E-state index contributed by atoms with van der Waals surface area (Å²) >= 11 is 0. The second-order valence-corrected chi connectivity index (χ2v) is 6.45. The van der Waals surface area contributed by atoms with Crippen LogP contribution in [0.5, 0.6) is 5.75 Å². The molecule has 7 heteroatoms. The summed E-state index contributed by atoms with van der Waals surface area (Å²) in [5.41, 5.74) is 1.63. The zero-order valence-corrected chi connectivity index (χ0v) is 15.3. The summed E-state index contributed by atoms with van der Waals surface area (Å²) in [5.74, 6) is -0.259. The molecule has 1 fully saturated rings. The van der Waals surface area contributed by atoms with Gasteiger partial charge in [0.15, 0.2) is 0 Å². The number of likely N-dealkylation sites (tertiary alicyclic amines) is 1. The van der Waals surface area contributed by atoms with Gasteiger partial charge in [0, 0.05) is 6.54 Å². The first-order valence-electron chi connectivity index (χ1n) is 8.77. The standard InChI is InChI=1S/C20H22FN3O3/c1-13-9-10-18(27-2)16(12-13)22-19(25)17-8-5-11-24(17)20(26)23-15-7-4-3-6-14(15)21/h3-4,6-7,9-10,12,17H,5,8,11H2,1-2H3,(H,22,25)(H,23,26). The molecule has 0 aromatic heterocycles. The van der Waals surface area contributed by atoms with E-state index in [1.54, 1.807) is 18.2 Å². The molecule has 1 atom stereocenters. The maximum atomic E-state index is 13.8. The van der Waals surface area contributed by atoms with Crippen LogP contribution in [0.15, 0.2) is 42.5 Å². The number of carbonyl (C=O) groups is 2. The van der Waals surface area contributed by atoms with Gasteiger partial charge in [-0.3, -0.25) is 4.79 Å². The van der Waals surface area contributed by atoms with Gasteiger partial charge in [0.05, 0.1) is 18.5 Å². The summed E-state index contributed by atoms with van der Waals surface area (Å²) in [4.78, 5) is 26.8. The van der Waals surface area contributed by atoms with E-state index in [-0.39, 0.29) is 11.6 Å². The number of anilines is 2. The minimum Gasteiger partial charge on any atom is -0.495 e. The first-order valence-corrected chi connectivity index (χ1v) is 8.77. The zero-order valence-electron chi connectivity index (χ0n) is 15.3. The number of nitrogens with zero attached hydrogens (tertiary/aromatic N) is 1. The third-order valence-electron chi connectivity index (χ3n) is 4.54. The molecule has 0 bridgehead atoms. The number of halogens is 1. The fourth-order valence-corrected chi connectivity index (χ4v) is 3.17. The van der Waals surface area contributed by atoms with Crippen LogP contribution in [0.4, 0.5) is 20.6 Å². The molecule has 1 aliphatic heterocycles. The number of benzene rings is 2. The molecule has 3 rings (SSSR count). The monoisotopic (exact) mass is 371 g/mol. The van der Waals surface area contributed by atoms with Crippen LogP contribution >= 0.6 is 0 Å². The molecule has 0 saturated carbocycles. The third-order valence-corrected chi connectivity index (χ3v) is 4.54. The number of nitrogens with one attached hydrogen (secondary N) is 2. The highest BCUT2D eigenvalue weighted by atomic mass is 19.1. The zero-order chi connectivity index (χ0) is 19.4. The second kappa shape index (κ2) is 8.07. The van der Waals surface area contributed by atoms with Crippen molar-refractivity contribution in [2.45, 2.75) is 25.8 Å². The lowest BCUT2D eigenvalue weighted by atomic mass is 10.1. The number of hydrogen-bond acceptors (Lipinski definition) is 3. The highest BCUT2D eigenvalue weighted by molar-refractivity contribution is 6.00. The van der Waals surface area contributed by atoms with Crippen molar-refractivity contribution in [3.63, 3.8) is 0 Å². The number of aryl methyl sites for hydroxylation is 1. The number of rotatable bonds is 4. The summed E-state index contributed by atoms with van der Waals surface area (Å²) in [5, 5.41) is 5.38. The van der Waals surface area contributed by atoms with Crippen molar-refractivity contribution in [3.05, 3.63) is 53.8 Å². The van der Waals surface area contributed by atoms with Crippen molar-refractivity contribution in [1.29, 1.82) is 0 Å². The lowest BCUT2D eigenvalue weighted by molar-refractivity contribution is -0.119. The normalized spacial score (nSPS) is 16.1. The minimum absolute atomic E-state index is 0.0916. The topological polar surface area (TPSA) is 70.7 Å². The van der Waals surface area contributed by atoms with Crippen LogP contribution in [0.25, 0.3) is 0 Å². The number of urea groups is 1. The maximum Gasteiger partial charge on any atom is 0.322 e. The molecule has 2 aromatic carbocycles. The molecule has 0 spiro atoms. The Morgan fingerprint density at radius 1 is 1.15 bits per heavy atom. The van der Waals surface area contributed by atoms with E-state index in [1.807, 2.05) is 19.1 Å². The van der Waals surface area contributed by atoms with E-state index in [1.165, 1.54) is 24.1 Å². The Kier molecular flexibility index (Phi) is 5.59. The van der Waals surface area contributed by atoms with E-state index >= 15 is 0 Å². The summed E-state index contributed by atoms with van der Waals surface area (Å²) in [7, 11) is 1.53. The van der Waals surface area contributed by atoms with Gasteiger partial charge >= 0.3 is 6.03 Å². The molecule has 1 heterocycles. The molecule has 1 aliphatic rings. The number of ether oxygens (including phenoxy) is 1. The van der Waals surface area contributed by atoms with E-state index in [0.29, 0.717) is 30.8 Å². The van der Waals surface area contributed by atoms with Crippen LogP contribution in [-0.2, 0) is 4.79 Å². The Hall–Kier alpha value is -3.09. The molecule has 6 nitrogen and oxygen atoms in total. The van der Waals surface area contributed by atoms with Crippen molar-refractivity contribution >= 4 is 23.3 Å². The quantitative estimate of drug-likeness (QED) is 0.859. The lowest BCUT2D eigenvalue weighted by Crippen LogP contribution is -2.45. The number of amides is 3. The number of carbonyl (C=O) groups excluding carboxylic acids is 2. The highest BCUT2D eigenvalue weighted by Gasteiger charge is 2.34. The lowest BCUT2D eigenvalue weighted by Gasteiger charge is -2.24. The van der Waals surface area contributed by atoms with Crippen LogP contribution in [0, 0.1) is 12.7 Å². The molecule has 1 saturated heterocycles. The maximum absolute atomic E-state index is 13.8. The van der Waals surface area contributed by atoms with E-state index in [9.17, 15) is 14.0 Å². The number of hydrogen-bond donors (Lipinski definition) is 2. The smallest absolute Gasteiger partial charge is 0.322 e. The molecule has 1 unspecified atom stereocenters. The Morgan fingerprint density at radius 2 is 1.93 bits per heavy atom. The molecule has 142 valence electrons. The average Bonchev–Trinajstić information content (AvgIpc) is 3.14. The second-order valence-electron chi connectivity index (χ2n) is 6.45. The average molecular weight is 371 g/mol. The fraction of sp³-hybridized carbons (Fsp3) is 0.300. The van der Waals surface area contributed by atoms with Gasteiger partial charge in [-0.25, -0.2) is 9.18 Å². The van der Waals surface area contributed by atoms with Crippen molar-refractivity contribution in [2.75, 3.05) is 24.3 Å². The van der Waals surface area contributed by atoms with Gasteiger partial charge in [0.1, 0.15) is 17.6 Å². The molecular weight excluding hydrogens is 349 g/mol.